The van der Waals surface area contributed by atoms with Crippen molar-refractivity contribution >= 4 is 12.2 Å². The molecular formula is C19H22N2O5. The van der Waals surface area contributed by atoms with Gasteiger partial charge in [-0.05, 0) is 29.8 Å². The van der Waals surface area contributed by atoms with Crippen LogP contribution in [-0.4, -0.2) is 40.1 Å². The maximum absolute atomic E-state index is 11.2. The summed E-state index contributed by atoms with van der Waals surface area (Å²) in [7, 11) is 4.47. The Balaban J connectivity index is 1.96. The molecule has 0 saturated heterocycles. The van der Waals surface area contributed by atoms with E-state index in [4.69, 9.17) is 14.2 Å². The number of hydrazone groups is 1. The van der Waals surface area contributed by atoms with Gasteiger partial charge in [-0.25, -0.2) is 4.79 Å². The zero-order chi connectivity index (χ0) is 18.8. The van der Waals surface area contributed by atoms with E-state index in [9.17, 15) is 4.79 Å². The third kappa shape index (κ3) is 5.41. The van der Waals surface area contributed by atoms with Gasteiger partial charge in [0.2, 0.25) is 0 Å². The number of ether oxygens (including phenoxy) is 4. The molecule has 2 aromatic carbocycles. The Morgan fingerprint density at radius 2 is 1.81 bits per heavy atom. The van der Waals surface area contributed by atoms with E-state index in [1.54, 1.807) is 25.5 Å². The van der Waals surface area contributed by atoms with Crippen LogP contribution in [0.4, 0.5) is 0 Å². The lowest BCUT2D eigenvalue weighted by atomic mass is 10.2. The van der Waals surface area contributed by atoms with Crippen LogP contribution in [-0.2, 0) is 16.1 Å². The highest BCUT2D eigenvalue weighted by Gasteiger charge is 2.08. The third-order valence-corrected chi connectivity index (χ3v) is 3.53. The highest BCUT2D eigenvalue weighted by molar-refractivity contribution is 5.80. The third-order valence-electron chi connectivity index (χ3n) is 3.53. The predicted octanol–water partition coefficient (Wildman–Crippen LogP) is 2.38. The van der Waals surface area contributed by atoms with Crippen LogP contribution in [0.15, 0.2) is 47.6 Å². The van der Waals surface area contributed by atoms with E-state index in [2.05, 4.69) is 15.3 Å². The maximum atomic E-state index is 11.2. The Bertz CT molecular complexity index is 761. The molecule has 0 aliphatic heterocycles. The molecule has 0 radical (unpaired) electrons. The van der Waals surface area contributed by atoms with Gasteiger partial charge in [0.15, 0.2) is 18.1 Å². The van der Waals surface area contributed by atoms with E-state index in [1.807, 2.05) is 30.3 Å². The van der Waals surface area contributed by atoms with E-state index in [1.165, 1.54) is 14.2 Å². The van der Waals surface area contributed by atoms with Crippen molar-refractivity contribution in [3.8, 4) is 17.2 Å². The second-order valence-electron chi connectivity index (χ2n) is 5.18. The molecule has 0 spiro atoms. The van der Waals surface area contributed by atoms with Crippen LogP contribution in [0.3, 0.4) is 0 Å². The molecule has 0 amide bonds. The highest BCUT2D eigenvalue weighted by Crippen LogP contribution is 2.27. The van der Waals surface area contributed by atoms with Gasteiger partial charge in [-0.15, -0.1) is 0 Å². The van der Waals surface area contributed by atoms with Gasteiger partial charge in [0.25, 0.3) is 0 Å². The smallest absolute Gasteiger partial charge is 0.343 e. The summed E-state index contributed by atoms with van der Waals surface area (Å²) in [5, 5.41) is 4.20. The number of nitrogens with zero attached hydrogens (tertiary/aromatic N) is 1. The van der Waals surface area contributed by atoms with Gasteiger partial charge >= 0.3 is 5.97 Å². The second-order valence-corrected chi connectivity index (χ2v) is 5.18. The summed E-state index contributed by atoms with van der Waals surface area (Å²) >= 11 is 0. The summed E-state index contributed by atoms with van der Waals surface area (Å²) in [6, 6.07) is 13.0. The van der Waals surface area contributed by atoms with E-state index < -0.39 is 5.97 Å². The number of benzene rings is 2. The standard InChI is InChI=1S/C19H22N2O5/c1-23-16-7-5-4-6-15(16)12-21-20-11-14-8-9-17(18(10-14)24-2)26-13-19(22)25-3/h4-11,21H,12-13H2,1-3H3/b20-11-. The van der Waals surface area contributed by atoms with Gasteiger partial charge in [0, 0.05) is 5.56 Å². The minimum Gasteiger partial charge on any atom is -0.496 e. The Kier molecular flexibility index (Phi) is 7.30. The van der Waals surface area contributed by atoms with Gasteiger partial charge in [-0.2, -0.15) is 5.10 Å². The molecule has 138 valence electrons. The summed E-state index contributed by atoms with van der Waals surface area (Å²) in [5.74, 6) is 1.31. The molecule has 0 bridgehead atoms. The SMILES string of the molecule is COC(=O)COc1ccc(/C=N\NCc2ccccc2OC)cc1OC. The molecule has 1 N–H and O–H groups in total. The number of rotatable bonds is 9. The lowest BCUT2D eigenvalue weighted by molar-refractivity contribution is -0.142. The molecular weight excluding hydrogens is 336 g/mol. The van der Waals surface area contributed by atoms with E-state index in [0.29, 0.717) is 18.0 Å². The molecule has 2 rings (SSSR count). The largest absolute Gasteiger partial charge is 0.496 e. The zero-order valence-corrected chi connectivity index (χ0v) is 15.0. The molecule has 0 aliphatic rings. The van der Waals surface area contributed by atoms with Gasteiger partial charge in [-0.1, -0.05) is 18.2 Å². The molecule has 0 aromatic heterocycles. The Hall–Kier alpha value is -3.22. The number of hydrogen-bond acceptors (Lipinski definition) is 7. The van der Waals surface area contributed by atoms with Crippen molar-refractivity contribution in [2.45, 2.75) is 6.54 Å². The first-order valence-electron chi connectivity index (χ1n) is 7.93. The zero-order valence-electron chi connectivity index (χ0n) is 15.0. The lowest BCUT2D eigenvalue weighted by Gasteiger charge is -2.10. The van der Waals surface area contributed by atoms with Crippen molar-refractivity contribution in [2.75, 3.05) is 27.9 Å². The Morgan fingerprint density at radius 1 is 1.04 bits per heavy atom. The number of carbonyl (C=O) groups is 1. The minimum absolute atomic E-state index is 0.180. The van der Waals surface area contributed by atoms with Crippen LogP contribution in [0.25, 0.3) is 0 Å². The summed E-state index contributed by atoms with van der Waals surface area (Å²) in [6.45, 7) is 0.360. The van der Waals surface area contributed by atoms with Crippen LogP contribution < -0.4 is 19.6 Å². The fourth-order valence-electron chi connectivity index (χ4n) is 2.18. The predicted molar refractivity (Wildman–Crippen MR) is 97.9 cm³/mol. The molecule has 0 saturated carbocycles. The summed E-state index contributed by atoms with van der Waals surface area (Å²) in [6.07, 6.45) is 1.67. The number of para-hydroxylation sites is 1. The topological polar surface area (TPSA) is 78.4 Å². The summed E-state index contributed by atoms with van der Waals surface area (Å²) in [5.41, 5.74) is 4.81. The molecule has 0 aliphatic carbocycles. The molecule has 7 nitrogen and oxygen atoms in total. The fourth-order valence-corrected chi connectivity index (χ4v) is 2.18. The average molecular weight is 358 g/mol. The van der Waals surface area contributed by atoms with Crippen molar-refractivity contribution in [3.63, 3.8) is 0 Å². The van der Waals surface area contributed by atoms with E-state index in [0.717, 1.165) is 16.9 Å². The quantitative estimate of drug-likeness (QED) is 0.421. The van der Waals surface area contributed by atoms with E-state index in [-0.39, 0.29) is 6.61 Å². The number of nitrogens with one attached hydrogen (secondary N) is 1. The van der Waals surface area contributed by atoms with Gasteiger partial charge in [0.05, 0.1) is 34.1 Å². The monoisotopic (exact) mass is 358 g/mol. The van der Waals surface area contributed by atoms with Gasteiger partial charge < -0.3 is 24.4 Å². The molecule has 0 fully saturated rings. The normalized spacial score (nSPS) is 10.4. The second kappa shape index (κ2) is 9.93. The lowest BCUT2D eigenvalue weighted by Crippen LogP contribution is -2.13. The highest BCUT2D eigenvalue weighted by atomic mass is 16.6. The van der Waals surface area contributed by atoms with Crippen molar-refractivity contribution in [1.82, 2.24) is 5.43 Å². The number of esters is 1. The number of hydrogen-bond donors (Lipinski definition) is 1. The maximum Gasteiger partial charge on any atom is 0.343 e. The first-order valence-corrected chi connectivity index (χ1v) is 7.93. The van der Waals surface area contributed by atoms with Crippen molar-refractivity contribution < 1.29 is 23.7 Å². The molecule has 26 heavy (non-hydrogen) atoms. The van der Waals surface area contributed by atoms with Gasteiger partial charge in [-0.3, -0.25) is 0 Å². The summed E-state index contributed by atoms with van der Waals surface area (Å²) < 4.78 is 20.5. The van der Waals surface area contributed by atoms with Gasteiger partial charge in [0.1, 0.15) is 5.75 Å². The first kappa shape index (κ1) is 19.1. The van der Waals surface area contributed by atoms with Crippen molar-refractivity contribution in [1.29, 1.82) is 0 Å². The number of methoxy groups -OCH3 is 3. The van der Waals surface area contributed by atoms with Crippen LogP contribution >= 0.6 is 0 Å². The molecule has 0 heterocycles. The molecule has 7 heteroatoms. The van der Waals surface area contributed by atoms with Crippen LogP contribution in [0.1, 0.15) is 11.1 Å². The van der Waals surface area contributed by atoms with Crippen LogP contribution in [0.2, 0.25) is 0 Å². The van der Waals surface area contributed by atoms with Crippen LogP contribution in [0.5, 0.6) is 17.2 Å². The fraction of sp³-hybridized carbons (Fsp3) is 0.263. The minimum atomic E-state index is -0.460. The van der Waals surface area contributed by atoms with E-state index >= 15 is 0 Å². The first-order chi connectivity index (χ1) is 12.7. The molecule has 0 atom stereocenters. The Morgan fingerprint density at radius 3 is 2.54 bits per heavy atom. The Labute approximate surface area is 152 Å². The van der Waals surface area contributed by atoms with Crippen molar-refractivity contribution in [2.24, 2.45) is 5.10 Å². The summed E-state index contributed by atoms with van der Waals surface area (Å²) in [4.78, 5) is 11.2. The number of carbonyl (C=O) groups excluding carboxylic acids is 1. The molecule has 0 unspecified atom stereocenters. The van der Waals surface area contributed by atoms with Crippen molar-refractivity contribution in [3.05, 3.63) is 53.6 Å². The molecule has 2 aromatic rings. The van der Waals surface area contributed by atoms with Crippen LogP contribution in [0, 0.1) is 0 Å². The average Bonchev–Trinajstić information content (AvgIpc) is 2.69.